The molecule has 0 aromatic carbocycles. The van der Waals surface area contributed by atoms with Crippen LogP contribution in [-0.2, 0) is 20.0 Å². The zero-order valence-corrected chi connectivity index (χ0v) is 12.5. The van der Waals surface area contributed by atoms with Crippen LogP contribution in [0.25, 0.3) is 0 Å². The van der Waals surface area contributed by atoms with Crippen LogP contribution >= 0.6 is 11.3 Å². The molecule has 2 rings (SSSR count). The van der Waals surface area contributed by atoms with Crippen LogP contribution in [0.4, 0.5) is 0 Å². The zero-order chi connectivity index (χ0) is 14.0. The molecule has 0 fully saturated rings. The van der Waals surface area contributed by atoms with E-state index in [0.717, 1.165) is 22.9 Å². The number of nitrogens with one attached hydrogen (secondary N) is 1. The number of thiophene rings is 1. The maximum Gasteiger partial charge on any atom is 0.261 e. The lowest BCUT2D eigenvalue weighted by molar-refractivity contribution is 0.0953. The molecule has 0 unspecified atom stereocenters. The molecule has 0 aliphatic heterocycles. The van der Waals surface area contributed by atoms with E-state index in [2.05, 4.69) is 22.4 Å². The predicted octanol–water partition coefficient (Wildman–Crippen LogP) is 1.99. The Bertz CT molecular complexity index is 600. The van der Waals surface area contributed by atoms with Crippen molar-refractivity contribution in [2.75, 3.05) is 0 Å². The molecule has 0 atom stereocenters. The van der Waals surface area contributed by atoms with Gasteiger partial charge in [-0.1, -0.05) is 6.92 Å². The topological polar surface area (TPSA) is 59.8 Å². The Hall–Kier alpha value is -1.69. The first-order chi connectivity index (χ1) is 9.02. The van der Waals surface area contributed by atoms with Gasteiger partial charge >= 0.3 is 0 Å². The maximum absolute atomic E-state index is 12.1. The van der Waals surface area contributed by atoms with E-state index in [1.165, 1.54) is 10.4 Å². The Morgan fingerprint density at radius 3 is 2.68 bits per heavy atom. The van der Waals surface area contributed by atoms with Crippen molar-refractivity contribution in [3.05, 3.63) is 33.0 Å². The lowest BCUT2D eigenvalue weighted by Crippen LogP contribution is -2.23. The highest BCUT2D eigenvalue weighted by Crippen LogP contribution is 2.22. The van der Waals surface area contributed by atoms with Gasteiger partial charge in [0.15, 0.2) is 5.82 Å². The first kappa shape index (κ1) is 13.7. The van der Waals surface area contributed by atoms with Crippen LogP contribution in [0.3, 0.4) is 0 Å². The van der Waals surface area contributed by atoms with Gasteiger partial charge in [-0.2, -0.15) is 0 Å². The van der Waals surface area contributed by atoms with Crippen molar-refractivity contribution in [1.82, 2.24) is 20.1 Å². The molecule has 1 amide bonds. The number of carbonyl (C=O) groups excluding carboxylic acids is 1. The first-order valence-electron chi connectivity index (χ1n) is 6.25. The predicted molar refractivity (Wildman–Crippen MR) is 75.3 cm³/mol. The van der Waals surface area contributed by atoms with Crippen molar-refractivity contribution in [1.29, 1.82) is 0 Å². The van der Waals surface area contributed by atoms with Crippen molar-refractivity contribution in [2.24, 2.45) is 7.05 Å². The second kappa shape index (κ2) is 5.52. The first-order valence-corrected chi connectivity index (χ1v) is 7.07. The number of carbonyl (C=O) groups is 1. The van der Waals surface area contributed by atoms with Gasteiger partial charge in [0.05, 0.1) is 11.4 Å². The minimum atomic E-state index is -0.0477. The van der Waals surface area contributed by atoms with E-state index in [0.29, 0.717) is 6.54 Å². The van der Waals surface area contributed by atoms with E-state index in [-0.39, 0.29) is 5.91 Å². The largest absolute Gasteiger partial charge is 0.344 e. The molecule has 5 nitrogen and oxygen atoms in total. The summed E-state index contributed by atoms with van der Waals surface area (Å²) in [7, 11) is 1.89. The number of aromatic nitrogens is 3. The van der Waals surface area contributed by atoms with E-state index in [4.69, 9.17) is 0 Å². The number of aryl methyl sites for hydroxylation is 3. The summed E-state index contributed by atoms with van der Waals surface area (Å²) in [5.41, 5.74) is 1.19. The van der Waals surface area contributed by atoms with E-state index < -0.39 is 0 Å². The maximum atomic E-state index is 12.1. The second-order valence-electron chi connectivity index (χ2n) is 4.48. The monoisotopic (exact) mass is 278 g/mol. The summed E-state index contributed by atoms with van der Waals surface area (Å²) in [6.45, 7) is 6.42. The molecule has 2 heterocycles. The number of hydrogen-bond acceptors (Lipinski definition) is 4. The summed E-state index contributed by atoms with van der Waals surface area (Å²) < 4.78 is 1.87. The van der Waals surface area contributed by atoms with Crippen molar-refractivity contribution in [3.8, 4) is 0 Å². The third kappa shape index (κ3) is 2.84. The van der Waals surface area contributed by atoms with Crippen molar-refractivity contribution < 1.29 is 4.79 Å². The van der Waals surface area contributed by atoms with Crippen LogP contribution in [0.1, 0.15) is 38.7 Å². The van der Waals surface area contributed by atoms with Gasteiger partial charge in [0.2, 0.25) is 0 Å². The molecule has 0 aliphatic rings. The standard InChI is InChI=1S/C13H18N4OS/c1-5-10-8(2)6-11(19-10)13(18)14-7-12-16-15-9(3)17(12)4/h6H,5,7H2,1-4H3,(H,14,18). The van der Waals surface area contributed by atoms with Gasteiger partial charge in [0.1, 0.15) is 5.82 Å². The minimum Gasteiger partial charge on any atom is -0.344 e. The Labute approximate surface area is 116 Å². The number of rotatable bonds is 4. The summed E-state index contributed by atoms with van der Waals surface area (Å²) in [5, 5.41) is 10.9. The zero-order valence-electron chi connectivity index (χ0n) is 11.6. The lowest BCUT2D eigenvalue weighted by atomic mass is 10.2. The second-order valence-corrected chi connectivity index (χ2v) is 5.61. The smallest absolute Gasteiger partial charge is 0.261 e. The third-order valence-corrected chi connectivity index (χ3v) is 4.54. The van der Waals surface area contributed by atoms with Gasteiger partial charge in [-0.3, -0.25) is 4.79 Å². The van der Waals surface area contributed by atoms with Gasteiger partial charge in [-0.25, -0.2) is 0 Å². The summed E-state index contributed by atoms with van der Waals surface area (Å²) in [6, 6.07) is 1.95. The fraction of sp³-hybridized carbons (Fsp3) is 0.462. The summed E-state index contributed by atoms with van der Waals surface area (Å²) in [5.74, 6) is 1.55. The van der Waals surface area contributed by atoms with Crippen LogP contribution in [0.15, 0.2) is 6.07 Å². The number of nitrogens with zero attached hydrogens (tertiary/aromatic N) is 3. The molecule has 19 heavy (non-hydrogen) atoms. The summed E-state index contributed by atoms with van der Waals surface area (Å²) >= 11 is 1.56. The van der Waals surface area contributed by atoms with Crippen LogP contribution in [-0.4, -0.2) is 20.7 Å². The van der Waals surface area contributed by atoms with Crippen LogP contribution in [0.2, 0.25) is 0 Å². The van der Waals surface area contributed by atoms with Crippen LogP contribution < -0.4 is 5.32 Å². The third-order valence-electron chi connectivity index (χ3n) is 3.16. The quantitative estimate of drug-likeness (QED) is 0.930. The molecule has 6 heteroatoms. The van der Waals surface area contributed by atoms with E-state index in [1.54, 1.807) is 11.3 Å². The molecule has 0 saturated carbocycles. The Kier molecular flexibility index (Phi) is 3.99. The average Bonchev–Trinajstić information content (AvgIpc) is 2.92. The highest BCUT2D eigenvalue weighted by atomic mass is 32.1. The normalized spacial score (nSPS) is 10.7. The molecule has 2 aromatic heterocycles. The lowest BCUT2D eigenvalue weighted by Gasteiger charge is -2.03. The van der Waals surface area contributed by atoms with E-state index in [9.17, 15) is 4.79 Å². The number of amides is 1. The molecule has 2 aromatic rings. The molecular formula is C13H18N4OS. The summed E-state index contributed by atoms with van der Waals surface area (Å²) in [4.78, 5) is 14.1. The molecule has 1 N–H and O–H groups in total. The Morgan fingerprint density at radius 1 is 1.42 bits per heavy atom. The molecule has 102 valence electrons. The number of hydrogen-bond donors (Lipinski definition) is 1. The SMILES string of the molecule is CCc1sc(C(=O)NCc2nnc(C)n2C)cc1C. The Balaban J connectivity index is 2.03. The highest BCUT2D eigenvalue weighted by molar-refractivity contribution is 7.14. The van der Waals surface area contributed by atoms with E-state index in [1.807, 2.05) is 31.5 Å². The highest BCUT2D eigenvalue weighted by Gasteiger charge is 2.12. The van der Waals surface area contributed by atoms with Gasteiger partial charge in [-0.05, 0) is 31.9 Å². The average molecular weight is 278 g/mol. The van der Waals surface area contributed by atoms with E-state index >= 15 is 0 Å². The van der Waals surface area contributed by atoms with Crippen molar-refractivity contribution in [3.63, 3.8) is 0 Å². The van der Waals surface area contributed by atoms with Crippen molar-refractivity contribution >= 4 is 17.2 Å². The minimum absolute atomic E-state index is 0.0477. The van der Waals surface area contributed by atoms with Gasteiger partial charge in [0.25, 0.3) is 5.91 Å². The molecular weight excluding hydrogens is 260 g/mol. The summed E-state index contributed by atoms with van der Waals surface area (Å²) in [6.07, 6.45) is 0.965. The molecule has 0 saturated heterocycles. The molecule has 0 spiro atoms. The van der Waals surface area contributed by atoms with Crippen LogP contribution in [0.5, 0.6) is 0 Å². The van der Waals surface area contributed by atoms with Gasteiger partial charge in [0, 0.05) is 11.9 Å². The fourth-order valence-electron chi connectivity index (χ4n) is 1.83. The van der Waals surface area contributed by atoms with Gasteiger partial charge < -0.3 is 9.88 Å². The fourth-order valence-corrected chi connectivity index (χ4v) is 2.86. The molecule has 0 radical (unpaired) electrons. The van der Waals surface area contributed by atoms with Gasteiger partial charge in [-0.15, -0.1) is 21.5 Å². The van der Waals surface area contributed by atoms with Crippen molar-refractivity contribution in [2.45, 2.75) is 33.7 Å². The molecule has 0 aliphatic carbocycles. The molecule has 0 bridgehead atoms. The van der Waals surface area contributed by atoms with Crippen LogP contribution in [0, 0.1) is 13.8 Å². The Morgan fingerprint density at radius 2 is 2.16 bits per heavy atom.